The molecule has 5 heteroatoms. The molecule has 0 spiro atoms. The van der Waals surface area contributed by atoms with Gasteiger partial charge in [0, 0.05) is 19.8 Å². The lowest BCUT2D eigenvalue weighted by Crippen LogP contribution is -2.29. The standard InChI is InChI=1S/C23H47NO4/c1-5-13-21(3)14-9-7-11-16-26-18-19-27-17-12-8-10-15-24-23(25)20-28-22(4)6-2/h21-22H,5-20H2,1-4H3,(H,24,25). The van der Waals surface area contributed by atoms with E-state index in [0.717, 1.165) is 51.2 Å². The van der Waals surface area contributed by atoms with E-state index in [1.54, 1.807) is 0 Å². The Balaban J connectivity index is 3.17. The van der Waals surface area contributed by atoms with E-state index in [4.69, 9.17) is 14.2 Å². The highest BCUT2D eigenvalue weighted by Gasteiger charge is 2.04. The molecule has 0 bridgehead atoms. The van der Waals surface area contributed by atoms with Gasteiger partial charge in [-0.1, -0.05) is 52.9 Å². The van der Waals surface area contributed by atoms with Crippen LogP contribution in [0, 0.1) is 5.92 Å². The fourth-order valence-corrected chi connectivity index (χ4v) is 2.95. The smallest absolute Gasteiger partial charge is 0.246 e. The molecule has 28 heavy (non-hydrogen) atoms. The number of hydrogen-bond acceptors (Lipinski definition) is 4. The van der Waals surface area contributed by atoms with E-state index in [0.29, 0.717) is 19.8 Å². The molecular weight excluding hydrogens is 354 g/mol. The van der Waals surface area contributed by atoms with Crippen molar-refractivity contribution >= 4 is 5.91 Å². The Bertz CT molecular complexity index is 339. The van der Waals surface area contributed by atoms with Crippen molar-refractivity contribution in [3.05, 3.63) is 0 Å². The van der Waals surface area contributed by atoms with Crippen molar-refractivity contribution in [2.75, 3.05) is 39.6 Å². The summed E-state index contributed by atoms with van der Waals surface area (Å²) in [4.78, 5) is 11.6. The highest BCUT2D eigenvalue weighted by molar-refractivity contribution is 5.77. The molecule has 1 N–H and O–H groups in total. The van der Waals surface area contributed by atoms with Crippen molar-refractivity contribution in [3.8, 4) is 0 Å². The molecule has 0 saturated heterocycles. The van der Waals surface area contributed by atoms with Crippen LogP contribution in [0.3, 0.4) is 0 Å². The molecule has 0 aromatic carbocycles. The van der Waals surface area contributed by atoms with Crippen LogP contribution in [0.25, 0.3) is 0 Å². The summed E-state index contributed by atoms with van der Waals surface area (Å²) in [5, 5.41) is 2.89. The third-order valence-electron chi connectivity index (χ3n) is 5.00. The average molecular weight is 402 g/mol. The normalized spacial score (nSPS) is 13.4. The molecule has 5 nitrogen and oxygen atoms in total. The van der Waals surface area contributed by atoms with Gasteiger partial charge in [-0.3, -0.25) is 4.79 Å². The molecule has 0 aliphatic carbocycles. The SMILES string of the molecule is CCCC(C)CCCCCOCCOCCCCCNC(=O)COC(C)CC. The minimum Gasteiger partial charge on any atom is -0.379 e. The molecule has 168 valence electrons. The van der Waals surface area contributed by atoms with Crippen LogP contribution in [0.4, 0.5) is 0 Å². The first-order valence-electron chi connectivity index (χ1n) is 11.6. The number of carbonyl (C=O) groups excluding carboxylic acids is 1. The predicted octanol–water partition coefficient (Wildman–Crippen LogP) is 5.12. The first-order valence-corrected chi connectivity index (χ1v) is 11.6. The lowest BCUT2D eigenvalue weighted by atomic mass is 9.99. The lowest BCUT2D eigenvalue weighted by Gasteiger charge is -2.10. The minimum atomic E-state index is -0.0239. The fraction of sp³-hybridized carbons (Fsp3) is 0.957. The van der Waals surface area contributed by atoms with Crippen LogP contribution in [0.1, 0.15) is 91.9 Å². The molecule has 0 saturated carbocycles. The fourth-order valence-electron chi connectivity index (χ4n) is 2.95. The van der Waals surface area contributed by atoms with Gasteiger partial charge < -0.3 is 19.5 Å². The quantitative estimate of drug-likeness (QED) is 0.271. The monoisotopic (exact) mass is 401 g/mol. The highest BCUT2D eigenvalue weighted by atomic mass is 16.5. The van der Waals surface area contributed by atoms with Crippen LogP contribution < -0.4 is 5.32 Å². The number of carbonyl (C=O) groups is 1. The number of amides is 1. The molecule has 0 fully saturated rings. The third-order valence-corrected chi connectivity index (χ3v) is 5.00. The van der Waals surface area contributed by atoms with Gasteiger partial charge in [0.05, 0.1) is 19.3 Å². The van der Waals surface area contributed by atoms with Crippen LogP contribution >= 0.6 is 0 Å². The molecule has 2 atom stereocenters. The van der Waals surface area contributed by atoms with E-state index >= 15 is 0 Å². The highest BCUT2D eigenvalue weighted by Crippen LogP contribution is 2.14. The van der Waals surface area contributed by atoms with Crippen molar-refractivity contribution in [2.45, 2.75) is 98.0 Å². The van der Waals surface area contributed by atoms with Gasteiger partial charge in [-0.05, 0) is 44.9 Å². The average Bonchev–Trinajstić information content (AvgIpc) is 2.69. The van der Waals surface area contributed by atoms with E-state index in [1.165, 1.54) is 32.1 Å². The van der Waals surface area contributed by atoms with Crippen LogP contribution in [0.2, 0.25) is 0 Å². The zero-order valence-corrected chi connectivity index (χ0v) is 19.1. The van der Waals surface area contributed by atoms with Crippen molar-refractivity contribution in [1.82, 2.24) is 5.32 Å². The first-order chi connectivity index (χ1) is 13.6. The van der Waals surface area contributed by atoms with Gasteiger partial charge in [0.25, 0.3) is 0 Å². The van der Waals surface area contributed by atoms with Gasteiger partial charge in [-0.2, -0.15) is 0 Å². The van der Waals surface area contributed by atoms with Gasteiger partial charge in [0.1, 0.15) is 6.61 Å². The van der Waals surface area contributed by atoms with Gasteiger partial charge in [-0.25, -0.2) is 0 Å². The number of rotatable bonds is 21. The van der Waals surface area contributed by atoms with Crippen molar-refractivity contribution in [3.63, 3.8) is 0 Å². The Kier molecular flexibility index (Phi) is 20.6. The van der Waals surface area contributed by atoms with Crippen LogP contribution in [0.5, 0.6) is 0 Å². The Morgan fingerprint density at radius 1 is 0.821 bits per heavy atom. The van der Waals surface area contributed by atoms with E-state index < -0.39 is 0 Å². The van der Waals surface area contributed by atoms with Gasteiger partial charge >= 0.3 is 0 Å². The number of nitrogens with one attached hydrogen (secondary N) is 1. The maximum atomic E-state index is 11.6. The summed E-state index contributed by atoms with van der Waals surface area (Å²) in [6.07, 6.45) is 11.9. The molecule has 2 unspecified atom stereocenters. The second-order valence-corrected chi connectivity index (χ2v) is 7.91. The second kappa shape index (κ2) is 21.1. The molecule has 0 aromatic rings. The van der Waals surface area contributed by atoms with E-state index in [2.05, 4.69) is 19.2 Å². The Hall–Kier alpha value is -0.650. The molecule has 0 aliphatic rings. The first kappa shape index (κ1) is 27.4. The predicted molar refractivity (Wildman–Crippen MR) is 117 cm³/mol. The maximum Gasteiger partial charge on any atom is 0.246 e. The maximum absolute atomic E-state index is 11.6. The zero-order chi connectivity index (χ0) is 20.9. The summed E-state index contributed by atoms with van der Waals surface area (Å²) < 4.78 is 16.6. The molecule has 0 radical (unpaired) electrons. The van der Waals surface area contributed by atoms with Gasteiger partial charge in [-0.15, -0.1) is 0 Å². The largest absolute Gasteiger partial charge is 0.379 e. The second-order valence-electron chi connectivity index (χ2n) is 7.91. The summed E-state index contributed by atoms with van der Waals surface area (Å²) >= 11 is 0. The molecule has 1 amide bonds. The van der Waals surface area contributed by atoms with Crippen molar-refractivity contribution < 1.29 is 19.0 Å². The molecule has 0 aliphatic heterocycles. The van der Waals surface area contributed by atoms with Crippen LogP contribution in [0.15, 0.2) is 0 Å². The van der Waals surface area contributed by atoms with Crippen molar-refractivity contribution in [2.24, 2.45) is 5.92 Å². The number of hydrogen-bond donors (Lipinski definition) is 1. The van der Waals surface area contributed by atoms with Crippen molar-refractivity contribution in [1.29, 1.82) is 0 Å². The molecule has 0 heterocycles. The molecule has 0 rings (SSSR count). The Morgan fingerprint density at radius 2 is 1.46 bits per heavy atom. The molecular formula is C23H47NO4. The van der Waals surface area contributed by atoms with Crippen LogP contribution in [-0.2, 0) is 19.0 Å². The minimum absolute atomic E-state index is 0.0239. The Morgan fingerprint density at radius 3 is 2.07 bits per heavy atom. The number of unbranched alkanes of at least 4 members (excludes halogenated alkanes) is 4. The van der Waals surface area contributed by atoms with Gasteiger partial charge in [0.15, 0.2) is 0 Å². The summed E-state index contributed by atoms with van der Waals surface area (Å²) in [5.74, 6) is 0.850. The summed E-state index contributed by atoms with van der Waals surface area (Å²) in [7, 11) is 0. The number of ether oxygens (including phenoxy) is 3. The van der Waals surface area contributed by atoms with E-state index in [9.17, 15) is 4.79 Å². The topological polar surface area (TPSA) is 56.8 Å². The molecule has 0 aromatic heterocycles. The van der Waals surface area contributed by atoms with E-state index in [1.807, 2.05) is 13.8 Å². The Labute approximate surface area is 174 Å². The zero-order valence-electron chi connectivity index (χ0n) is 19.1. The summed E-state index contributed by atoms with van der Waals surface area (Å²) in [6, 6.07) is 0. The lowest BCUT2D eigenvalue weighted by molar-refractivity contribution is -0.127. The van der Waals surface area contributed by atoms with E-state index in [-0.39, 0.29) is 18.6 Å². The van der Waals surface area contributed by atoms with Crippen LogP contribution in [-0.4, -0.2) is 51.6 Å². The summed E-state index contributed by atoms with van der Waals surface area (Å²) in [6.45, 7) is 12.5. The van der Waals surface area contributed by atoms with Gasteiger partial charge in [0.2, 0.25) is 5.91 Å². The summed E-state index contributed by atoms with van der Waals surface area (Å²) in [5.41, 5.74) is 0. The third kappa shape index (κ3) is 20.1.